The Bertz CT molecular complexity index is 699. The second-order valence-corrected chi connectivity index (χ2v) is 8.09. The van der Waals surface area contributed by atoms with Gasteiger partial charge in [0, 0.05) is 31.9 Å². The maximum absolute atomic E-state index is 12.0. The van der Waals surface area contributed by atoms with Crippen LogP contribution in [-0.4, -0.2) is 43.9 Å². The van der Waals surface area contributed by atoms with Gasteiger partial charge in [0.25, 0.3) is 0 Å². The molecule has 1 unspecified atom stereocenters. The standard InChI is InChI=1S/C20H28N4O2/c1-20(2,3)26-19(25)22-16-8-11-24(14-16)18-12-17(7-6-15(18)13-21)23-9-4-5-10-23/h6-7,12,16H,4-5,8-11,14H2,1-3H3,(H,22,25). The highest BCUT2D eigenvalue weighted by Gasteiger charge is 2.28. The highest BCUT2D eigenvalue weighted by molar-refractivity contribution is 5.70. The SMILES string of the molecule is CC(C)(C)OC(=O)NC1CCN(c2cc(N3CCCC3)ccc2C#N)C1. The van der Waals surface area contributed by atoms with Gasteiger partial charge in [-0.25, -0.2) is 4.79 Å². The number of carbonyl (C=O) groups is 1. The third kappa shape index (κ3) is 4.40. The van der Waals surface area contributed by atoms with E-state index in [1.807, 2.05) is 32.9 Å². The maximum atomic E-state index is 12.0. The van der Waals surface area contributed by atoms with E-state index in [9.17, 15) is 10.1 Å². The van der Waals surface area contributed by atoms with Gasteiger partial charge in [0.05, 0.1) is 17.3 Å². The van der Waals surface area contributed by atoms with Gasteiger partial charge in [-0.05, 0) is 58.2 Å². The van der Waals surface area contributed by atoms with Crippen LogP contribution in [0.4, 0.5) is 16.2 Å². The van der Waals surface area contributed by atoms with Gasteiger partial charge in [0.2, 0.25) is 0 Å². The number of nitrogens with one attached hydrogen (secondary N) is 1. The maximum Gasteiger partial charge on any atom is 0.407 e. The van der Waals surface area contributed by atoms with E-state index in [1.54, 1.807) is 0 Å². The minimum Gasteiger partial charge on any atom is -0.444 e. The highest BCUT2D eigenvalue weighted by atomic mass is 16.6. The molecule has 0 spiro atoms. The number of ether oxygens (including phenoxy) is 1. The molecule has 2 heterocycles. The van der Waals surface area contributed by atoms with Crippen molar-refractivity contribution in [1.82, 2.24) is 5.32 Å². The van der Waals surface area contributed by atoms with Crippen LogP contribution < -0.4 is 15.1 Å². The number of amides is 1. The zero-order valence-electron chi connectivity index (χ0n) is 15.9. The number of nitriles is 1. The predicted octanol–water partition coefficient (Wildman–Crippen LogP) is 3.26. The molecule has 2 fully saturated rings. The van der Waals surface area contributed by atoms with Crippen LogP contribution in [0.2, 0.25) is 0 Å². The van der Waals surface area contributed by atoms with E-state index in [4.69, 9.17) is 4.74 Å². The van der Waals surface area contributed by atoms with E-state index in [2.05, 4.69) is 27.3 Å². The molecule has 6 nitrogen and oxygen atoms in total. The van der Waals surface area contributed by atoms with Crippen molar-refractivity contribution in [3.63, 3.8) is 0 Å². The Kier molecular flexibility index (Phi) is 5.26. The van der Waals surface area contributed by atoms with Crippen molar-refractivity contribution in [2.45, 2.75) is 51.7 Å². The van der Waals surface area contributed by atoms with Crippen molar-refractivity contribution in [1.29, 1.82) is 5.26 Å². The molecule has 0 bridgehead atoms. The normalized spacial score (nSPS) is 20.2. The molecule has 1 N–H and O–H groups in total. The summed E-state index contributed by atoms with van der Waals surface area (Å²) < 4.78 is 5.34. The second-order valence-electron chi connectivity index (χ2n) is 8.09. The van der Waals surface area contributed by atoms with Gasteiger partial charge in [0.1, 0.15) is 11.7 Å². The zero-order valence-corrected chi connectivity index (χ0v) is 15.9. The number of hydrogen-bond donors (Lipinski definition) is 1. The molecule has 0 radical (unpaired) electrons. The molecule has 1 aromatic carbocycles. The smallest absolute Gasteiger partial charge is 0.407 e. The fourth-order valence-electron chi connectivity index (χ4n) is 3.62. The average Bonchev–Trinajstić information content (AvgIpc) is 3.24. The predicted molar refractivity (Wildman–Crippen MR) is 103 cm³/mol. The molecular formula is C20H28N4O2. The lowest BCUT2D eigenvalue weighted by atomic mass is 10.1. The topological polar surface area (TPSA) is 68.6 Å². The van der Waals surface area contributed by atoms with Crippen molar-refractivity contribution >= 4 is 17.5 Å². The quantitative estimate of drug-likeness (QED) is 0.900. The second kappa shape index (κ2) is 7.45. The van der Waals surface area contributed by atoms with Gasteiger partial charge >= 0.3 is 6.09 Å². The lowest BCUT2D eigenvalue weighted by molar-refractivity contribution is 0.0509. The molecule has 1 aromatic rings. The van der Waals surface area contributed by atoms with Crippen LogP contribution in [0.1, 0.15) is 45.6 Å². The monoisotopic (exact) mass is 356 g/mol. The Morgan fingerprint density at radius 2 is 1.96 bits per heavy atom. The van der Waals surface area contributed by atoms with Crippen molar-refractivity contribution < 1.29 is 9.53 Å². The summed E-state index contributed by atoms with van der Waals surface area (Å²) in [6.07, 6.45) is 2.91. The minimum absolute atomic E-state index is 0.0341. The van der Waals surface area contributed by atoms with Crippen LogP contribution >= 0.6 is 0 Å². The van der Waals surface area contributed by atoms with E-state index < -0.39 is 5.60 Å². The Hall–Kier alpha value is -2.42. The molecule has 2 aliphatic rings. The lowest BCUT2D eigenvalue weighted by Crippen LogP contribution is -2.40. The number of anilines is 2. The average molecular weight is 356 g/mol. The van der Waals surface area contributed by atoms with E-state index in [0.29, 0.717) is 12.1 Å². The molecule has 0 aromatic heterocycles. The van der Waals surface area contributed by atoms with E-state index in [1.165, 1.54) is 18.5 Å². The third-order valence-electron chi connectivity index (χ3n) is 4.82. The van der Waals surface area contributed by atoms with Crippen molar-refractivity contribution in [3.8, 4) is 6.07 Å². The molecule has 26 heavy (non-hydrogen) atoms. The van der Waals surface area contributed by atoms with Crippen molar-refractivity contribution in [3.05, 3.63) is 23.8 Å². The fourth-order valence-corrected chi connectivity index (χ4v) is 3.62. The number of hydrogen-bond acceptors (Lipinski definition) is 5. The van der Waals surface area contributed by atoms with Crippen LogP contribution in [0, 0.1) is 11.3 Å². The summed E-state index contributed by atoms with van der Waals surface area (Å²) in [5.41, 5.74) is 2.33. The zero-order chi connectivity index (χ0) is 18.7. The van der Waals surface area contributed by atoms with Crippen LogP contribution in [-0.2, 0) is 4.74 Å². The first-order valence-electron chi connectivity index (χ1n) is 9.39. The Morgan fingerprint density at radius 3 is 2.62 bits per heavy atom. The molecule has 0 saturated carbocycles. The van der Waals surface area contributed by atoms with Crippen molar-refractivity contribution in [2.24, 2.45) is 0 Å². The van der Waals surface area contributed by atoms with Gasteiger partial charge < -0.3 is 19.9 Å². The summed E-state index contributed by atoms with van der Waals surface area (Å²) in [4.78, 5) is 16.6. The molecule has 1 atom stereocenters. The number of alkyl carbamates (subject to hydrolysis) is 1. The summed E-state index contributed by atoms with van der Waals surface area (Å²) >= 11 is 0. The molecule has 0 aliphatic carbocycles. The number of benzene rings is 1. The summed E-state index contributed by atoms with van der Waals surface area (Å²) in [6.45, 7) is 9.24. The molecule has 3 rings (SSSR count). The molecular weight excluding hydrogens is 328 g/mol. The van der Waals surface area contributed by atoms with Gasteiger partial charge in [-0.2, -0.15) is 5.26 Å². The van der Waals surface area contributed by atoms with Crippen LogP contribution in [0.25, 0.3) is 0 Å². The van der Waals surface area contributed by atoms with E-state index in [0.717, 1.165) is 31.7 Å². The number of rotatable bonds is 3. The molecule has 2 saturated heterocycles. The lowest BCUT2D eigenvalue weighted by Gasteiger charge is -2.25. The third-order valence-corrected chi connectivity index (χ3v) is 4.82. The summed E-state index contributed by atoms with van der Waals surface area (Å²) in [7, 11) is 0. The summed E-state index contributed by atoms with van der Waals surface area (Å²) in [5, 5.41) is 12.4. The molecule has 6 heteroatoms. The first kappa shape index (κ1) is 18.4. The Morgan fingerprint density at radius 1 is 1.23 bits per heavy atom. The van der Waals surface area contributed by atoms with Crippen LogP contribution in [0.3, 0.4) is 0 Å². The number of carbonyl (C=O) groups excluding carboxylic acids is 1. The molecule has 2 aliphatic heterocycles. The number of nitrogens with zero attached hydrogens (tertiary/aromatic N) is 3. The minimum atomic E-state index is -0.500. The van der Waals surface area contributed by atoms with Gasteiger partial charge in [-0.15, -0.1) is 0 Å². The Balaban J connectivity index is 1.68. The first-order valence-corrected chi connectivity index (χ1v) is 9.39. The van der Waals surface area contributed by atoms with Crippen molar-refractivity contribution in [2.75, 3.05) is 36.0 Å². The van der Waals surface area contributed by atoms with Gasteiger partial charge in [0.15, 0.2) is 0 Å². The Labute approximate surface area is 155 Å². The van der Waals surface area contributed by atoms with Crippen LogP contribution in [0.15, 0.2) is 18.2 Å². The fraction of sp³-hybridized carbons (Fsp3) is 0.600. The van der Waals surface area contributed by atoms with E-state index >= 15 is 0 Å². The molecule has 140 valence electrons. The summed E-state index contributed by atoms with van der Waals surface area (Å²) in [6, 6.07) is 8.42. The van der Waals surface area contributed by atoms with E-state index in [-0.39, 0.29) is 12.1 Å². The van der Waals surface area contributed by atoms with Gasteiger partial charge in [-0.3, -0.25) is 0 Å². The van der Waals surface area contributed by atoms with Crippen LogP contribution in [0.5, 0.6) is 0 Å². The summed E-state index contributed by atoms with van der Waals surface area (Å²) in [5.74, 6) is 0. The van der Waals surface area contributed by atoms with Gasteiger partial charge in [-0.1, -0.05) is 0 Å². The highest BCUT2D eigenvalue weighted by Crippen LogP contribution is 2.30. The first-order chi connectivity index (χ1) is 12.4. The largest absolute Gasteiger partial charge is 0.444 e. The molecule has 1 amide bonds.